The van der Waals surface area contributed by atoms with E-state index in [1.165, 1.54) is 25.3 Å². The first-order chi connectivity index (χ1) is 15.8. The predicted octanol–water partition coefficient (Wildman–Crippen LogP) is 4.66. The Morgan fingerprint density at radius 2 is 1.64 bits per heavy atom. The van der Waals surface area contributed by atoms with Crippen LogP contribution < -0.4 is 14.8 Å². The third kappa shape index (κ3) is 6.43. The van der Waals surface area contributed by atoms with Gasteiger partial charge in [-0.2, -0.15) is 0 Å². The zero-order valence-corrected chi connectivity index (χ0v) is 19.3. The topological polar surface area (TPSA) is 102 Å². The summed E-state index contributed by atoms with van der Waals surface area (Å²) in [5.41, 5.74) is 2.33. The lowest BCUT2D eigenvalue weighted by atomic mass is 10.0. The number of amides is 1. The van der Waals surface area contributed by atoms with Gasteiger partial charge in [0.25, 0.3) is 10.0 Å². The van der Waals surface area contributed by atoms with Crippen LogP contribution in [0.5, 0.6) is 5.75 Å². The van der Waals surface area contributed by atoms with E-state index in [0.29, 0.717) is 22.7 Å². The molecule has 0 aromatic heterocycles. The minimum Gasteiger partial charge on any atom is -0.495 e. The molecule has 0 aliphatic carbocycles. The lowest BCUT2D eigenvalue weighted by Crippen LogP contribution is -2.16. The lowest BCUT2D eigenvalue weighted by molar-refractivity contribution is -0.116. The van der Waals surface area contributed by atoms with E-state index < -0.39 is 10.0 Å². The summed E-state index contributed by atoms with van der Waals surface area (Å²) in [5.74, 6) is -0.106. The number of hydrogen-bond donors (Lipinski definition) is 2. The molecule has 0 atom stereocenters. The van der Waals surface area contributed by atoms with Crippen molar-refractivity contribution in [2.45, 2.75) is 31.1 Å². The average molecular weight is 467 g/mol. The summed E-state index contributed by atoms with van der Waals surface area (Å²) in [6.45, 7) is 2.04. The first kappa shape index (κ1) is 24.0. The van der Waals surface area contributed by atoms with Gasteiger partial charge in [-0.1, -0.05) is 49.4 Å². The van der Waals surface area contributed by atoms with Gasteiger partial charge in [0.2, 0.25) is 5.91 Å². The highest BCUT2D eigenvalue weighted by molar-refractivity contribution is 7.92. The highest BCUT2D eigenvalue weighted by Gasteiger charge is 2.17. The van der Waals surface area contributed by atoms with E-state index in [-0.39, 0.29) is 29.4 Å². The number of nitrogens with one attached hydrogen (secondary N) is 2. The number of para-hydroxylation sites is 2. The summed E-state index contributed by atoms with van der Waals surface area (Å²) in [4.78, 5) is 24.7. The van der Waals surface area contributed by atoms with Crippen molar-refractivity contribution in [2.24, 2.45) is 0 Å². The Kier molecular flexibility index (Phi) is 7.84. The van der Waals surface area contributed by atoms with Crippen molar-refractivity contribution in [3.8, 4) is 5.75 Å². The van der Waals surface area contributed by atoms with Crippen LogP contribution in [0.3, 0.4) is 0 Å². The zero-order chi connectivity index (χ0) is 23.8. The number of rotatable bonds is 10. The Hall–Kier alpha value is -3.65. The second kappa shape index (κ2) is 10.8. The van der Waals surface area contributed by atoms with Crippen molar-refractivity contribution >= 4 is 33.1 Å². The normalized spacial score (nSPS) is 11.0. The highest BCUT2D eigenvalue weighted by atomic mass is 32.2. The number of sulfonamides is 1. The molecule has 2 N–H and O–H groups in total. The fourth-order valence-corrected chi connectivity index (χ4v) is 4.31. The Balaban J connectivity index is 1.62. The maximum absolute atomic E-state index is 12.8. The second-order valence-corrected chi connectivity index (χ2v) is 9.04. The summed E-state index contributed by atoms with van der Waals surface area (Å²) in [6.07, 6.45) is 0.940. The predicted molar refractivity (Wildman–Crippen MR) is 128 cm³/mol. The van der Waals surface area contributed by atoms with Crippen molar-refractivity contribution < 1.29 is 22.7 Å². The molecule has 172 valence electrons. The van der Waals surface area contributed by atoms with E-state index in [0.717, 1.165) is 12.0 Å². The maximum atomic E-state index is 12.8. The number of methoxy groups -OCH3 is 1. The van der Waals surface area contributed by atoms with Crippen molar-refractivity contribution in [3.05, 3.63) is 83.9 Å². The Morgan fingerprint density at radius 1 is 0.909 bits per heavy atom. The summed E-state index contributed by atoms with van der Waals surface area (Å²) in [5, 5.41) is 2.66. The van der Waals surface area contributed by atoms with Crippen LogP contribution in [-0.2, 0) is 21.2 Å². The molecule has 0 aliphatic rings. The highest BCUT2D eigenvalue weighted by Crippen LogP contribution is 2.27. The van der Waals surface area contributed by atoms with Crippen LogP contribution >= 0.6 is 0 Å². The number of aryl methyl sites for hydroxylation is 1. The van der Waals surface area contributed by atoms with E-state index in [4.69, 9.17) is 4.74 Å². The van der Waals surface area contributed by atoms with Crippen molar-refractivity contribution in [2.75, 3.05) is 17.1 Å². The van der Waals surface area contributed by atoms with Gasteiger partial charge in [-0.05, 0) is 42.3 Å². The summed E-state index contributed by atoms with van der Waals surface area (Å²) < 4.78 is 33.3. The molecule has 7 nitrogen and oxygen atoms in total. The summed E-state index contributed by atoms with van der Waals surface area (Å²) >= 11 is 0. The van der Waals surface area contributed by atoms with Gasteiger partial charge in [0.05, 0.1) is 17.7 Å². The molecule has 0 unspecified atom stereocenters. The van der Waals surface area contributed by atoms with Crippen LogP contribution in [0.1, 0.15) is 35.7 Å². The fourth-order valence-electron chi connectivity index (χ4n) is 3.19. The van der Waals surface area contributed by atoms with E-state index in [1.807, 2.05) is 19.1 Å². The van der Waals surface area contributed by atoms with Gasteiger partial charge in [-0.3, -0.25) is 14.3 Å². The molecule has 3 aromatic carbocycles. The quantitative estimate of drug-likeness (QED) is 0.423. The van der Waals surface area contributed by atoms with Crippen LogP contribution in [-0.4, -0.2) is 27.2 Å². The van der Waals surface area contributed by atoms with E-state index in [2.05, 4.69) is 10.0 Å². The average Bonchev–Trinajstić information content (AvgIpc) is 2.83. The molecular weight excluding hydrogens is 440 g/mol. The van der Waals surface area contributed by atoms with E-state index in [9.17, 15) is 18.0 Å². The van der Waals surface area contributed by atoms with E-state index in [1.54, 1.807) is 42.5 Å². The minimum absolute atomic E-state index is 0.00912. The molecule has 0 saturated carbocycles. The summed E-state index contributed by atoms with van der Waals surface area (Å²) in [6, 6.07) is 19.9. The van der Waals surface area contributed by atoms with Gasteiger partial charge in [0.15, 0.2) is 5.78 Å². The third-order valence-corrected chi connectivity index (χ3v) is 6.41. The smallest absolute Gasteiger partial charge is 0.262 e. The first-order valence-electron chi connectivity index (χ1n) is 10.5. The summed E-state index contributed by atoms with van der Waals surface area (Å²) in [7, 11) is -2.45. The standard InChI is InChI=1S/C25H26N2O5S/c1-3-18-11-13-19(14-12-18)23(28)15-16-25(29)26-20-7-6-8-21(17-20)33(30,31)27-22-9-4-5-10-24(22)32-2/h4-14,17,27H,3,15-16H2,1-2H3,(H,26,29). The van der Waals surface area contributed by atoms with Crippen molar-refractivity contribution in [1.82, 2.24) is 0 Å². The number of ketones is 1. The molecule has 33 heavy (non-hydrogen) atoms. The molecule has 3 aromatic rings. The molecule has 8 heteroatoms. The maximum Gasteiger partial charge on any atom is 0.262 e. The Labute approximate surface area is 193 Å². The third-order valence-electron chi connectivity index (χ3n) is 5.04. The van der Waals surface area contributed by atoms with Crippen LogP contribution in [0.2, 0.25) is 0 Å². The largest absolute Gasteiger partial charge is 0.495 e. The first-order valence-corrected chi connectivity index (χ1v) is 12.0. The van der Waals surface area contributed by atoms with Crippen LogP contribution in [0.15, 0.2) is 77.7 Å². The SMILES string of the molecule is CCc1ccc(C(=O)CCC(=O)Nc2cccc(S(=O)(=O)Nc3ccccc3OC)c2)cc1. The van der Waals surface area contributed by atoms with Crippen molar-refractivity contribution in [1.29, 1.82) is 0 Å². The number of carbonyl (C=O) groups is 2. The monoisotopic (exact) mass is 466 g/mol. The van der Waals surface area contributed by atoms with Gasteiger partial charge < -0.3 is 10.1 Å². The molecule has 0 bridgehead atoms. The second-order valence-electron chi connectivity index (χ2n) is 7.36. The van der Waals surface area contributed by atoms with Gasteiger partial charge in [0.1, 0.15) is 5.75 Å². The fraction of sp³-hybridized carbons (Fsp3) is 0.200. The number of Topliss-reactive ketones (excluding diaryl/α,β-unsaturated/α-hetero) is 1. The number of anilines is 2. The Morgan fingerprint density at radius 3 is 2.33 bits per heavy atom. The van der Waals surface area contributed by atoms with Crippen LogP contribution in [0, 0.1) is 0 Å². The zero-order valence-electron chi connectivity index (χ0n) is 18.5. The minimum atomic E-state index is -3.91. The van der Waals surface area contributed by atoms with Crippen LogP contribution in [0.25, 0.3) is 0 Å². The molecule has 0 heterocycles. The number of hydrogen-bond acceptors (Lipinski definition) is 5. The molecule has 0 fully saturated rings. The lowest BCUT2D eigenvalue weighted by Gasteiger charge is -2.12. The van der Waals surface area contributed by atoms with Crippen LogP contribution in [0.4, 0.5) is 11.4 Å². The van der Waals surface area contributed by atoms with Crippen molar-refractivity contribution in [3.63, 3.8) is 0 Å². The molecule has 1 amide bonds. The molecule has 0 spiro atoms. The van der Waals surface area contributed by atoms with Gasteiger partial charge in [-0.25, -0.2) is 8.42 Å². The molecular formula is C25H26N2O5S. The van der Waals surface area contributed by atoms with Gasteiger partial charge in [0, 0.05) is 24.1 Å². The van der Waals surface area contributed by atoms with E-state index >= 15 is 0 Å². The molecule has 0 radical (unpaired) electrons. The Bertz CT molecular complexity index is 1240. The van der Waals surface area contributed by atoms with Gasteiger partial charge >= 0.3 is 0 Å². The number of ether oxygens (including phenoxy) is 1. The molecule has 0 saturated heterocycles. The molecule has 0 aliphatic heterocycles. The van der Waals surface area contributed by atoms with Gasteiger partial charge in [-0.15, -0.1) is 0 Å². The number of benzene rings is 3. The number of carbonyl (C=O) groups excluding carboxylic acids is 2. The molecule has 3 rings (SSSR count).